The average Bonchev–Trinajstić information content (AvgIpc) is 2.11. The fourth-order valence-electron chi connectivity index (χ4n) is 0.982. The van der Waals surface area contributed by atoms with Crippen molar-refractivity contribution in [2.45, 2.75) is 47.0 Å². The minimum Gasteiger partial charge on any atom is -0.120 e. The molecule has 0 N–H and O–H groups in total. The molecule has 0 heterocycles. The van der Waals surface area contributed by atoms with Crippen LogP contribution in [-0.4, -0.2) is 0 Å². The van der Waals surface area contributed by atoms with Crippen LogP contribution in [-0.2, 0) is 0 Å². The van der Waals surface area contributed by atoms with Crippen molar-refractivity contribution in [1.29, 1.82) is 0 Å². The Kier molecular flexibility index (Phi) is 14.9. The van der Waals surface area contributed by atoms with Crippen molar-refractivity contribution in [3.05, 3.63) is 12.2 Å². The van der Waals surface area contributed by atoms with Crippen LogP contribution in [0.1, 0.15) is 47.0 Å². The Hall–Kier alpha value is -0.700. The van der Waals surface area contributed by atoms with Gasteiger partial charge in [0.2, 0.25) is 0 Å². The minimum atomic E-state index is 0.855. The van der Waals surface area contributed by atoms with Gasteiger partial charge < -0.3 is 0 Å². The first kappa shape index (κ1) is 13.9. The van der Waals surface area contributed by atoms with Gasteiger partial charge in [-0.3, -0.25) is 0 Å². The molecule has 0 aliphatic heterocycles. The van der Waals surface area contributed by atoms with Crippen molar-refractivity contribution in [3.63, 3.8) is 0 Å². The molecule has 12 heavy (non-hydrogen) atoms. The smallest absolute Gasteiger partial charge is 0.00297 e. The van der Waals surface area contributed by atoms with Gasteiger partial charge in [0.15, 0.2) is 0 Å². The fourth-order valence-corrected chi connectivity index (χ4v) is 0.982. The van der Waals surface area contributed by atoms with Crippen LogP contribution >= 0.6 is 0 Å². The second kappa shape index (κ2) is 12.9. The first-order valence-electron chi connectivity index (χ1n) is 4.85. The molecule has 0 aromatic rings. The van der Waals surface area contributed by atoms with Crippen LogP contribution in [0.2, 0.25) is 0 Å². The van der Waals surface area contributed by atoms with Crippen molar-refractivity contribution in [3.8, 4) is 12.3 Å². The van der Waals surface area contributed by atoms with Gasteiger partial charge in [-0.2, -0.15) is 0 Å². The molecule has 1 atom stereocenters. The van der Waals surface area contributed by atoms with E-state index in [1.165, 1.54) is 19.3 Å². The summed E-state index contributed by atoms with van der Waals surface area (Å²) >= 11 is 0. The van der Waals surface area contributed by atoms with E-state index in [0.29, 0.717) is 0 Å². The van der Waals surface area contributed by atoms with E-state index in [-0.39, 0.29) is 0 Å². The molecule has 0 aromatic heterocycles. The maximum absolute atomic E-state index is 4.60. The predicted octanol–water partition coefficient (Wildman–Crippen LogP) is 4.03. The average molecular weight is 166 g/mol. The van der Waals surface area contributed by atoms with Crippen LogP contribution in [0, 0.1) is 18.3 Å². The van der Waals surface area contributed by atoms with Crippen LogP contribution in [0.15, 0.2) is 12.2 Å². The van der Waals surface area contributed by atoms with E-state index in [1.54, 1.807) is 6.92 Å². The Morgan fingerprint density at radius 2 is 1.92 bits per heavy atom. The van der Waals surface area contributed by atoms with Crippen LogP contribution in [0.4, 0.5) is 0 Å². The van der Waals surface area contributed by atoms with Crippen LogP contribution in [0.25, 0.3) is 0 Å². The molecular formula is C12H22. The van der Waals surface area contributed by atoms with Gasteiger partial charge in [-0.05, 0) is 32.1 Å². The quantitative estimate of drug-likeness (QED) is 0.376. The normalized spacial score (nSPS) is 19.1. The third-order valence-electron chi connectivity index (χ3n) is 1.49. The lowest BCUT2D eigenvalue weighted by atomic mass is 9.98. The van der Waals surface area contributed by atoms with Crippen molar-refractivity contribution >= 4 is 0 Å². The van der Waals surface area contributed by atoms with E-state index in [2.05, 4.69) is 31.4 Å². The van der Waals surface area contributed by atoms with E-state index in [1.807, 2.05) is 13.8 Å². The zero-order chi connectivity index (χ0) is 9.82. The summed E-state index contributed by atoms with van der Waals surface area (Å²) in [7, 11) is 0. The van der Waals surface area contributed by atoms with Gasteiger partial charge in [0.1, 0.15) is 0 Å². The molecule has 0 amide bonds. The number of rotatable bonds is 0. The Labute approximate surface area is 78.1 Å². The Balaban J connectivity index is 0. The zero-order valence-electron chi connectivity index (χ0n) is 8.93. The maximum atomic E-state index is 4.60. The summed E-state index contributed by atoms with van der Waals surface area (Å²) in [5, 5.41) is 0. The van der Waals surface area contributed by atoms with E-state index in [4.69, 9.17) is 0 Å². The van der Waals surface area contributed by atoms with Gasteiger partial charge in [0.25, 0.3) is 0 Å². The SMILES string of the molecule is C#CC.CC.CC1C=CCCC1. The van der Waals surface area contributed by atoms with Gasteiger partial charge in [-0.1, -0.05) is 32.9 Å². The highest BCUT2D eigenvalue weighted by atomic mass is 14.0. The summed E-state index contributed by atoms with van der Waals surface area (Å²) in [5.74, 6) is 3.11. The molecule has 1 rings (SSSR count). The molecule has 0 nitrogen and oxygen atoms in total. The number of hydrogen-bond donors (Lipinski definition) is 0. The third kappa shape index (κ3) is 12.0. The highest BCUT2D eigenvalue weighted by Crippen LogP contribution is 2.14. The molecule has 0 fully saturated rings. The maximum Gasteiger partial charge on any atom is -0.00297 e. The molecule has 1 aliphatic carbocycles. The molecule has 0 spiro atoms. The first-order chi connectivity index (χ1) is 5.81. The molecule has 0 radical (unpaired) electrons. The molecule has 0 saturated heterocycles. The molecular weight excluding hydrogens is 144 g/mol. The second-order valence-corrected chi connectivity index (χ2v) is 2.63. The second-order valence-electron chi connectivity index (χ2n) is 2.63. The van der Waals surface area contributed by atoms with Gasteiger partial charge >= 0.3 is 0 Å². The zero-order valence-corrected chi connectivity index (χ0v) is 8.93. The molecule has 0 aromatic carbocycles. The molecule has 70 valence electrons. The Bertz CT molecular complexity index is 125. The molecule has 0 saturated carbocycles. The van der Waals surface area contributed by atoms with Crippen LogP contribution < -0.4 is 0 Å². The first-order valence-corrected chi connectivity index (χ1v) is 4.85. The summed E-state index contributed by atoms with van der Waals surface area (Å²) in [6, 6.07) is 0. The summed E-state index contributed by atoms with van der Waals surface area (Å²) in [6.45, 7) is 7.93. The Morgan fingerprint density at radius 1 is 1.42 bits per heavy atom. The summed E-state index contributed by atoms with van der Waals surface area (Å²) in [5.41, 5.74) is 0. The molecule has 0 bridgehead atoms. The van der Waals surface area contributed by atoms with Gasteiger partial charge in [-0.15, -0.1) is 12.3 Å². The van der Waals surface area contributed by atoms with Crippen LogP contribution in [0.3, 0.4) is 0 Å². The minimum absolute atomic E-state index is 0.855. The van der Waals surface area contributed by atoms with Crippen molar-refractivity contribution in [2.75, 3.05) is 0 Å². The van der Waals surface area contributed by atoms with Gasteiger partial charge in [0, 0.05) is 0 Å². The standard InChI is InChI=1S/C7H12.C3H4.C2H6/c1-7-5-3-2-4-6-7;1-3-2;1-2/h3,5,7H,2,4,6H2,1H3;1H,2H3;1-2H3. The van der Waals surface area contributed by atoms with Crippen molar-refractivity contribution in [1.82, 2.24) is 0 Å². The summed E-state index contributed by atoms with van der Waals surface area (Å²) in [4.78, 5) is 0. The number of allylic oxidation sites excluding steroid dienone is 2. The van der Waals surface area contributed by atoms with Crippen LogP contribution in [0.5, 0.6) is 0 Å². The van der Waals surface area contributed by atoms with E-state index in [9.17, 15) is 0 Å². The van der Waals surface area contributed by atoms with E-state index >= 15 is 0 Å². The van der Waals surface area contributed by atoms with Gasteiger partial charge in [-0.25, -0.2) is 0 Å². The lowest BCUT2D eigenvalue weighted by Crippen LogP contribution is -1.92. The lowest BCUT2D eigenvalue weighted by Gasteiger charge is -2.08. The molecule has 1 aliphatic rings. The predicted molar refractivity (Wildman–Crippen MR) is 58.0 cm³/mol. The topological polar surface area (TPSA) is 0 Å². The lowest BCUT2D eigenvalue weighted by molar-refractivity contribution is 0.584. The van der Waals surface area contributed by atoms with Crippen molar-refractivity contribution in [2.24, 2.45) is 5.92 Å². The summed E-state index contributed by atoms with van der Waals surface area (Å²) in [6.07, 6.45) is 13.3. The van der Waals surface area contributed by atoms with Gasteiger partial charge in [0.05, 0.1) is 0 Å². The highest BCUT2D eigenvalue weighted by molar-refractivity contribution is 4.90. The monoisotopic (exact) mass is 166 g/mol. The third-order valence-corrected chi connectivity index (χ3v) is 1.49. The Morgan fingerprint density at radius 3 is 2.08 bits per heavy atom. The fraction of sp³-hybridized carbons (Fsp3) is 0.667. The number of hydrogen-bond acceptors (Lipinski definition) is 0. The molecule has 1 unspecified atom stereocenters. The summed E-state index contributed by atoms with van der Waals surface area (Å²) < 4.78 is 0. The van der Waals surface area contributed by atoms with E-state index in [0.717, 1.165) is 5.92 Å². The number of terminal acetylenes is 1. The van der Waals surface area contributed by atoms with Crippen molar-refractivity contribution < 1.29 is 0 Å². The highest BCUT2D eigenvalue weighted by Gasteiger charge is 1.98. The largest absolute Gasteiger partial charge is 0.120 e. The molecule has 0 heteroatoms. The van der Waals surface area contributed by atoms with E-state index < -0.39 is 0 Å².